The molecule has 0 aliphatic heterocycles. The van der Waals surface area contributed by atoms with Crippen LogP contribution in [0.15, 0.2) is 30.3 Å². The number of amides is 1. The highest BCUT2D eigenvalue weighted by Gasteiger charge is 2.47. The van der Waals surface area contributed by atoms with Crippen molar-refractivity contribution in [3.8, 4) is 0 Å². The molecule has 1 saturated carbocycles. The van der Waals surface area contributed by atoms with E-state index in [0.717, 1.165) is 24.8 Å². The van der Waals surface area contributed by atoms with Gasteiger partial charge in [0.2, 0.25) is 5.91 Å². The van der Waals surface area contributed by atoms with Crippen molar-refractivity contribution in [2.45, 2.75) is 32.2 Å². The van der Waals surface area contributed by atoms with Gasteiger partial charge in [-0.25, -0.2) is 0 Å². The van der Waals surface area contributed by atoms with Crippen molar-refractivity contribution in [3.05, 3.63) is 35.9 Å². The Bertz CT molecular complexity index is 454. The highest BCUT2D eigenvalue weighted by molar-refractivity contribution is 7.80. The van der Waals surface area contributed by atoms with Crippen LogP contribution in [-0.2, 0) is 4.79 Å². The molecule has 1 aliphatic carbocycles. The summed E-state index contributed by atoms with van der Waals surface area (Å²) in [6, 6.07) is 9.86. The molecule has 0 bridgehead atoms. The number of rotatable bonds is 4. The molecule has 0 aromatic heterocycles. The summed E-state index contributed by atoms with van der Waals surface area (Å²) in [5.74, 6) is -0.0300. The third-order valence-electron chi connectivity index (χ3n) is 3.76. The minimum Gasteiger partial charge on any atom is -0.392 e. The minimum absolute atomic E-state index is 0.0227. The second-order valence-electron chi connectivity index (χ2n) is 4.91. The number of thiocarbonyl (C=S) groups is 1. The first-order chi connectivity index (χ1) is 8.56. The Kier molecular flexibility index (Phi) is 3.66. The van der Waals surface area contributed by atoms with E-state index in [9.17, 15) is 4.79 Å². The lowest BCUT2D eigenvalue weighted by molar-refractivity contribution is -0.131. The van der Waals surface area contributed by atoms with E-state index >= 15 is 0 Å². The standard InChI is InChI=1S/C14H18N2OS/c1-10(11-6-3-2-4-7-11)16-13(17)14(12(15)18)8-5-9-14/h2-4,6-7,10H,5,8-9H2,1H3,(H2,15,18)(H,16,17). The highest BCUT2D eigenvalue weighted by Crippen LogP contribution is 2.41. The molecule has 3 nitrogen and oxygen atoms in total. The molecule has 1 aliphatic rings. The second-order valence-corrected chi connectivity index (χ2v) is 5.35. The zero-order valence-electron chi connectivity index (χ0n) is 10.5. The number of nitrogens with one attached hydrogen (secondary N) is 1. The number of hydrogen-bond donors (Lipinski definition) is 2. The fourth-order valence-electron chi connectivity index (χ4n) is 2.28. The summed E-state index contributed by atoms with van der Waals surface area (Å²) in [4.78, 5) is 12.6. The molecule has 1 amide bonds. The van der Waals surface area contributed by atoms with Gasteiger partial charge in [0.05, 0.1) is 16.4 Å². The molecule has 0 saturated heterocycles. The van der Waals surface area contributed by atoms with Gasteiger partial charge in [0.15, 0.2) is 0 Å². The van der Waals surface area contributed by atoms with Crippen LogP contribution >= 0.6 is 12.2 Å². The molecule has 4 heteroatoms. The molecule has 1 atom stereocenters. The Labute approximate surface area is 113 Å². The van der Waals surface area contributed by atoms with Gasteiger partial charge in [-0.3, -0.25) is 4.79 Å². The number of carbonyl (C=O) groups is 1. The molecule has 18 heavy (non-hydrogen) atoms. The molecule has 96 valence electrons. The first kappa shape index (κ1) is 13.0. The zero-order chi connectivity index (χ0) is 13.2. The number of carbonyl (C=O) groups excluding carboxylic acids is 1. The third-order valence-corrected chi connectivity index (χ3v) is 4.15. The van der Waals surface area contributed by atoms with Crippen LogP contribution in [0.25, 0.3) is 0 Å². The van der Waals surface area contributed by atoms with E-state index in [1.54, 1.807) is 0 Å². The van der Waals surface area contributed by atoms with Crippen LogP contribution in [0.3, 0.4) is 0 Å². The number of hydrogen-bond acceptors (Lipinski definition) is 2. The smallest absolute Gasteiger partial charge is 0.233 e. The van der Waals surface area contributed by atoms with Crippen LogP contribution < -0.4 is 11.1 Å². The molecular weight excluding hydrogens is 244 g/mol. The van der Waals surface area contributed by atoms with E-state index in [0.29, 0.717) is 4.99 Å². The van der Waals surface area contributed by atoms with Crippen LogP contribution in [-0.4, -0.2) is 10.9 Å². The Hall–Kier alpha value is -1.42. The summed E-state index contributed by atoms with van der Waals surface area (Å²) in [6.07, 6.45) is 2.57. The fraction of sp³-hybridized carbons (Fsp3) is 0.429. The first-order valence-electron chi connectivity index (χ1n) is 6.22. The molecule has 0 radical (unpaired) electrons. The van der Waals surface area contributed by atoms with Crippen molar-refractivity contribution in [1.82, 2.24) is 5.32 Å². The molecular formula is C14H18N2OS. The molecule has 2 rings (SSSR count). The topological polar surface area (TPSA) is 55.1 Å². The molecule has 1 unspecified atom stereocenters. The Balaban J connectivity index is 2.06. The zero-order valence-corrected chi connectivity index (χ0v) is 11.3. The van der Waals surface area contributed by atoms with E-state index in [4.69, 9.17) is 18.0 Å². The highest BCUT2D eigenvalue weighted by atomic mass is 32.1. The van der Waals surface area contributed by atoms with Gasteiger partial charge in [-0.2, -0.15) is 0 Å². The van der Waals surface area contributed by atoms with E-state index in [1.807, 2.05) is 37.3 Å². The second kappa shape index (κ2) is 5.06. The summed E-state index contributed by atoms with van der Waals surface area (Å²) in [6.45, 7) is 1.97. The first-order valence-corrected chi connectivity index (χ1v) is 6.63. The average Bonchev–Trinajstić information content (AvgIpc) is 2.28. The van der Waals surface area contributed by atoms with Gasteiger partial charge in [-0.15, -0.1) is 0 Å². The monoisotopic (exact) mass is 262 g/mol. The lowest BCUT2D eigenvalue weighted by Gasteiger charge is -2.39. The van der Waals surface area contributed by atoms with Gasteiger partial charge in [-0.1, -0.05) is 49.0 Å². The summed E-state index contributed by atoms with van der Waals surface area (Å²) >= 11 is 5.04. The maximum Gasteiger partial charge on any atom is 0.233 e. The van der Waals surface area contributed by atoms with Crippen LogP contribution in [0.2, 0.25) is 0 Å². The quantitative estimate of drug-likeness (QED) is 0.819. The summed E-state index contributed by atoms with van der Waals surface area (Å²) in [5, 5.41) is 3.01. The van der Waals surface area contributed by atoms with Gasteiger partial charge in [0, 0.05) is 0 Å². The molecule has 1 fully saturated rings. The van der Waals surface area contributed by atoms with Crippen LogP contribution in [0.5, 0.6) is 0 Å². The maximum atomic E-state index is 12.3. The van der Waals surface area contributed by atoms with Gasteiger partial charge in [0.25, 0.3) is 0 Å². The molecule has 0 heterocycles. The van der Waals surface area contributed by atoms with E-state index < -0.39 is 5.41 Å². The van der Waals surface area contributed by atoms with E-state index in [-0.39, 0.29) is 11.9 Å². The summed E-state index contributed by atoms with van der Waals surface area (Å²) in [5.41, 5.74) is 6.21. The Morgan fingerprint density at radius 1 is 1.39 bits per heavy atom. The van der Waals surface area contributed by atoms with Crippen molar-refractivity contribution in [2.24, 2.45) is 11.1 Å². The third kappa shape index (κ3) is 2.25. The molecule has 1 aromatic rings. The van der Waals surface area contributed by atoms with Crippen molar-refractivity contribution in [3.63, 3.8) is 0 Å². The van der Waals surface area contributed by atoms with Crippen molar-refractivity contribution in [1.29, 1.82) is 0 Å². The lowest BCUT2D eigenvalue weighted by Crippen LogP contribution is -2.53. The van der Waals surface area contributed by atoms with Crippen LogP contribution in [0.4, 0.5) is 0 Å². The fourth-order valence-corrected chi connectivity index (χ4v) is 2.57. The van der Waals surface area contributed by atoms with Crippen molar-refractivity contribution in [2.75, 3.05) is 0 Å². The summed E-state index contributed by atoms with van der Waals surface area (Å²) in [7, 11) is 0. The van der Waals surface area contributed by atoms with Crippen LogP contribution in [0.1, 0.15) is 37.8 Å². The number of benzene rings is 1. The predicted molar refractivity (Wildman–Crippen MR) is 76.1 cm³/mol. The van der Waals surface area contributed by atoms with Gasteiger partial charge in [0.1, 0.15) is 0 Å². The SMILES string of the molecule is CC(NC(=O)C1(C(N)=S)CCC1)c1ccccc1. The number of nitrogens with two attached hydrogens (primary N) is 1. The minimum atomic E-state index is -0.599. The van der Waals surface area contributed by atoms with Crippen LogP contribution in [0, 0.1) is 5.41 Å². The Morgan fingerprint density at radius 2 is 2.00 bits per heavy atom. The maximum absolute atomic E-state index is 12.3. The summed E-state index contributed by atoms with van der Waals surface area (Å²) < 4.78 is 0. The van der Waals surface area contributed by atoms with E-state index in [1.165, 1.54) is 0 Å². The van der Waals surface area contributed by atoms with E-state index in [2.05, 4.69) is 5.32 Å². The molecule has 0 spiro atoms. The molecule has 1 aromatic carbocycles. The van der Waals surface area contributed by atoms with Crippen molar-refractivity contribution < 1.29 is 4.79 Å². The van der Waals surface area contributed by atoms with Gasteiger partial charge < -0.3 is 11.1 Å². The van der Waals surface area contributed by atoms with Gasteiger partial charge >= 0.3 is 0 Å². The normalized spacial score (nSPS) is 18.5. The van der Waals surface area contributed by atoms with Gasteiger partial charge in [-0.05, 0) is 25.3 Å². The predicted octanol–water partition coefficient (Wildman–Crippen LogP) is 2.32. The van der Waals surface area contributed by atoms with Crippen molar-refractivity contribution >= 4 is 23.1 Å². The largest absolute Gasteiger partial charge is 0.392 e. The average molecular weight is 262 g/mol. The lowest BCUT2D eigenvalue weighted by atomic mass is 9.68. The molecule has 3 N–H and O–H groups in total. The Morgan fingerprint density at radius 3 is 2.44 bits per heavy atom.